The minimum atomic E-state index is 0.0572. The number of fused-ring (bicyclic) bond motifs is 1. The van der Waals surface area contributed by atoms with E-state index in [-0.39, 0.29) is 5.41 Å². The van der Waals surface area contributed by atoms with Crippen LogP contribution in [0.25, 0.3) is 17.2 Å². The zero-order valence-corrected chi connectivity index (χ0v) is 17.0. The Hall–Kier alpha value is -1.80. The molecule has 120 valence electrons. The second-order valence-electron chi connectivity index (χ2n) is 7.56. The quantitative estimate of drug-likeness (QED) is 0.741. The first-order valence-corrected chi connectivity index (χ1v) is 9.49. The predicted octanol–water partition coefficient (Wildman–Crippen LogP) is 4.48. The minimum Gasteiger partial charge on any atom is -0.496 e. The second kappa shape index (κ2) is 5.68. The summed E-state index contributed by atoms with van der Waals surface area (Å²) in [6, 6.07) is 13.1. The van der Waals surface area contributed by atoms with E-state index in [1.165, 1.54) is 33.4 Å². The standard InChI is InChI=1S/C21H26OSi/c1-13-11-15-16(20(13)23)12-17(21(2,3)4)19(22-5)18(15)14-9-7-6-8-10-14/h6-12,20H,1-5,23H3. The van der Waals surface area contributed by atoms with Gasteiger partial charge in [0.25, 0.3) is 0 Å². The number of hydrogen-bond acceptors (Lipinski definition) is 1. The van der Waals surface area contributed by atoms with Gasteiger partial charge < -0.3 is 4.74 Å². The molecule has 23 heavy (non-hydrogen) atoms. The van der Waals surface area contributed by atoms with Crippen molar-refractivity contribution in [3.05, 3.63) is 58.7 Å². The fraction of sp³-hybridized carbons (Fsp3) is 0.333. The van der Waals surface area contributed by atoms with Crippen LogP contribution in [-0.2, 0) is 5.41 Å². The van der Waals surface area contributed by atoms with Crippen molar-refractivity contribution in [1.29, 1.82) is 0 Å². The summed E-state index contributed by atoms with van der Waals surface area (Å²) in [7, 11) is 2.95. The van der Waals surface area contributed by atoms with Gasteiger partial charge in [0.2, 0.25) is 0 Å². The lowest BCUT2D eigenvalue weighted by Crippen LogP contribution is -2.15. The highest BCUT2D eigenvalue weighted by molar-refractivity contribution is 6.17. The minimum absolute atomic E-state index is 0.0572. The third-order valence-electron chi connectivity index (χ3n) is 4.95. The molecule has 2 aromatic rings. The first-order valence-electron chi connectivity index (χ1n) is 8.33. The SMILES string of the molecule is COc1c(C(C)(C)C)cc2c(c1-c1ccccc1)C=C(C)C2[SiH3]. The monoisotopic (exact) mass is 322 g/mol. The van der Waals surface area contributed by atoms with E-state index >= 15 is 0 Å². The molecule has 0 fully saturated rings. The molecular weight excluding hydrogens is 296 g/mol. The van der Waals surface area contributed by atoms with E-state index in [1.54, 1.807) is 7.11 Å². The molecule has 0 spiro atoms. The Morgan fingerprint density at radius 3 is 2.30 bits per heavy atom. The van der Waals surface area contributed by atoms with Crippen LogP contribution in [0.4, 0.5) is 0 Å². The van der Waals surface area contributed by atoms with Gasteiger partial charge in [0, 0.05) is 21.4 Å². The summed E-state index contributed by atoms with van der Waals surface area (Å²) < 4.78 is 5.94. The molecule has 0 aromatic heterocycles. The lowest BCUT2D eigenvalue weighted by Gasteiger charge is -2.27. The third-order valence-corrected chi connectivity index (χ3v) is 6.48. The fourth-order valence-corrected chi connectivity index (χ4v) is 4.12. The number of ether oxygens (including phenoxy) is 1. The van der Waals surface area contributed by atoms with Crippen molar-refractivity contribution in [3.63, 3.8) is 0 Å². The molecule has 2 heteroatoms. The van der Waals surface area contributed by atoms with Crippen LogP contribution in [0.5, 0.6) is 5.75 Å². The maximum atomic E-state index is 5.94. The van der Waals surface area contributed by atoms with E-state index in [9.17, 15) is 0 Å². The Labute approximate surface area is 142 Å². The first-order chi connectivity index (χ1) is 10.8. The van der Waals surface area contributed by atoms with E-state index in [4.69, 9.17) is 4.74 Å². The van der Waals surface area contributed by atoms with E-state index in [0.717, 1.165) is 16.0 Å². The number of benzene rings is 2. The highest BCUT2D eigenvalue weighted by atomic mass is 28.1. The molecule has 1 atom stereocenters. The van der Waals surface area contributed by atoms with Crippen LogP contribution >= 0.6 is 0 Å². The van der Waals surface area contributed by atoms with E-state index < -0.39 is 0 Å². The molecule has 0 bridgehead atoms. The first kappa shape index (κ1) is 16.1. The van der Waals surface area contributed by atoms with Gasteiger partial charge in [-0.15, -0.1) is 0 Å². The number of rotatable bonds is 2. The average Bonchev–Trinajstić information content (AvgIpc) is 2.80. The molecule has 3 rings (SSSR count). The molecule has 1 unspecified atom stereocenters. The van der Waals surface area contributed by atoms with Gasteiger partial charge >= 0.3 is 0 Å². The lowest BCUT2D eigenvalue weighted by atomic mass is 9.81. The largest absolute Gasteiger partial charge is 0.496 e. The molecule has 0 radical (unpaired) electrons. The van der Waals surface area contributed by atoms with Crippen LogP contribution in [0.15, 0.2) is 42.0 Å². The Bertz CT molecular complexity index is 767. The Morgan fingerprint density at radius 2 is 1.74 bits per heavy atom. The summed E-state index contributed by atoms with van der Waals surface area (Å²) in [5.41, 5.74) is 8.80. The maximum absolute atomic E-state index is 5.94. The van der Waals surface area contributed by atoms with E-state index in [2.05, 4.69) is 70.2 Å². The van der Waals surface area contributed by atoms with Gasteiger partial charge in [0.05, 0.1) is 7.11 Å². The zero-order chi connectivity index (χ0) is 16.8. The average molecular weight is 323 g/mol. The van der Waals surface area contributed by atoms with Crippen molar-refractivity contribution in [2.24, 2.45) is 0 Å². The zero-order valence-electron chi connectivity index (χ0n) is 15.0. The summed E-state index contributed by atoms with van der Waals surface area (Å²) in [5.74, 6) is 1.03. The number of allylic oxidation sites excluding steroid dienone is 1. The molecule has 0 aliphatic heterocycles. The van der Waals surface area contributed by atoms with Crippen LogP contribution in [0.1, 0.15) is 49.9 Å². The topological polar surface area (TPSA) is 9.23 Å². The number of methoxy groups -OCH3 is 1. The molecular formula is C21H26OSi. The molecule has 0 saturated heterocycles. The smallest absolute Gasteiger partial charge is 0.131 e. The van der Waals surface area contributed by atoms with Crippen molar-refractivity contribution in [2.75, 3.05) is 7.11 Å². The summed E-state index contributed by atoms with van der Waals surface area (Å²) >= 11 is 0. The normalized spacial score (nSPS) is 17.1. The molecule has 1 nitrogen and oxygen atoms in total. The highest BCUT2D eigenvalue weighted by Gasteiger charge is 2.30. The van der Waals surface area contributed by atoms with Crippen LogP contribution in [0.2, 0.25) is 0 Å². The maximum Gasteiger partial charge on any atom is 0.131 e. The Morgan fingerprint density at radius 1 is 1.09 bits per heavy atom. The van der Waals surface area contributed by atoms with Gasteiger partial charge in [0.1, 0.15) is 5.75 Å². The lowest BCUT2D eigenvalue weighted by molar-refractivity contribution is 0.399. The van der Waals surface area contributed by atoms with Gasteiger partial charge in [-0.05, 0) is 34.6 Å². The Balaban J connectivity index is 2.40. The van der Waals surface area contributed by atoms with Gasteiger partial charge in [-0.1, -0.05) is 68.8 Å². The molecule has 1 aliphatic carbocycles. The van der Waals surface area contributed by atoms with Crippen molar-refractivity contribution in [3.8, 4) is 16.9 Å². The molecule has 0 heterocycles. The fourth-order valence-electron chi connectivity index (χ4n) is 3.47. The highest BCUT2D eigenvalue weighted by Crippen LogP contribution is 2.48. The second-order valence-corrected chi connectivity index (χ2v) is 8.72. The van der Waals surface area contributed by atoms with Crippen LogP contribution in [-0.4, -0.2) is 17.4 Å². The van der Waals surface area contributed by atoms with E-state index in [1.807, 2.05) is 0 Å². The van der Waals surface area contributed by atoms with Crippen LogP contribution in [0, 0.1) is 0 Å². The predicted molar refractivity (Wildman–Crippen MR) is 103 cm³/mol. The van der Waals surface area contributed by atoms with Crippen molar-refractivity contribution < 1.29 is 4.74 Å². The Kier molecular flexibility index (Phi) is 3.97. The van der Waals surface area contributed by atoms with Gasteiger partial charge in [-0.3, -0.25) is 0 Å². The van der Waals surface area contributed by atoms with E-state index in [0.29, 0.717) is 5.54 Å². The van der Waals surface area contributed by atoms with Gasteiger partial charge in [-0.25, -0.2) is 0 Å². The molecule has 0 saturated carbocycles. The van der Waals surface area contributed by atoms with Crippen LogP contribution < -0.4 is 4.74 Å². The number of hydrogen-bond donors (Lipinski definition) is 0. The van der Waals surface area contributed by atoms with Crippen LogP contribution in [0.3, 0.4) is 0 Å². The molecule has 0 amide bonds. The van der Waals surface area contributed by atoms with Gasteiger partial charge in [-0.2, -0.15) is 0 Å². The van der Waals surface area contributed by atoms with Crippen molar-refractivity contribution in [1.82, 2.24) is 0 Å². The molecule has 2 aromatic carbocycles. The third kappa shape index (κ3) is 2.65. The molecule has 1 aliphatic rings. The van der Waals surface area contributed by atoms with Crippen molar-refractivity contribution in [2.45, 2.75) is 38.7 Å². The van der Waals surface area contributed by atoms with Gasteiger partial charge in [0.15, 0.2) is 0 Å². The summed E-state index contributed by atoms with van der Waals surface area (Å²) in [6.45, 7) is 9.06. The summed E-state index contributed by atoms with van der Waals surface area (Å²) in [6.07, 6.45) is 2.37. The van der Waals surface area contributed by atoms with Crippen molar-refractivity contribution >= 4 is 16.3 Å². The summed E-state index contributed by atoms with van der Waals surface area (Å²) in [5, 5.41) is 0. The summed E-state index contributed by atoms with van der Waals surface area (Å²) in [4.78, 5) is 0. The molecule has 0 N–H and O–H groups in total.